The van der Waals surface area contributed by atoms with Gasteiger partial charge in [-0.15, -0.1) is 5.10 Å². The highest BCUT2D eigenvalue weighted by molar-refractivity contribution is 7.89. The van der Waals surface area contributed by atoms with E-state index in [9.17, 15) is 13.2 Å². The molecule has 16 heavy (non-hydrogen) atoms. The maximum atomic E-state index is 11.6. The van der Waals surface area contributed by atoms with Gasteiger partial charge in [0.05, 0.1) is 4.90 Å². The third-order valence-corrected chi connectivity index (χ3v) is 3.10. The summed E-state index contributed by atoms with van der Waals surface area (Å²) < 4.78 is 23.1. The molecular formula is C9H9ClN2O3S. The lowest BCUT2D eigenvalue weighted by atomic mass is 10.2. The largest absolute Gasteiger partial charge is 0.295 e. The van der Waals surface area contributed by atoms with E-state index < -0.39 is 15.2 Å². The van der Waals surface area contributed by atoms with Gasteiger partial charge in [0.1, 0.15) is 0 Å². The molecule has 0 spiro atoms. The molecule has 0 saturated heterocycles. The number of hydrogen-bond acceptors (Lipinski definition) is 4. The summed E-state index contributed by atoms with van der Waals surface area (Å²) in [6, 6.07) is 6.17. The Morgan fingerprint density at radius 2 is 1.94 bits per heavy atom. The Hall–Kier alpha value is -1.40. The number of carbonyl (C=O) groups is 1. The first-order chi connectivity index (χ1) is 7.45. The third-order valence-electron chi connectivity index (χ3n) is 1.70. The van der Waals surface area contributed by atoms with Gasteiger partial charge in [0.2, 0.25) is 0 Å². The number of aryl methyl sites for hydroxylation is 1. The summed E-state index contributed by atoms with van der Waals surface area (Å²) in [4.78, 5) is 12.0. The molecule has 0 radical (unpaired) electrons. The van der Waals surface area contributed by atoms with E-state index in [-0.39, 0.29) is 11.2 Å². The van der Waals surface area contributed by atoms with Crippen LogP contribution >= 0.6 is 11.6 Å². The summed E-state index contributed by atoms with van der Waals surface area (Å²) in [7, 11) is -3.76. The SMILES string of the molecule is Cc1ccc(S(=O)(=O)NN=C(Cl)C=O)cc1. The molecule has 0 heterocycles. The Labute approximate surface area is 98.2 Å². The predicted molar refractivity (Wildman–Crippen MR) is 60.9 cm³/mol. The third kappa shape index (κ3) is 3.32. The highest BCUT2D eigenvalue weighted by Crippen LogP contribution is 2.09. The van der Waals surface area contributed by atoms with Crippen molar-refractivity contribution < 1.29 is 13.2 Å². The van der Waals surface area contributed by atoms with Crippen molar-refractivity contribution in [1.82, 2.24) is 4.83 Å². The summed E-state index contributed by atoms with van der Waals surface area (Å²) in [5.41, 5.74) is 0.938. The monoisotopic (exact) mass is 260 g/mol. The number of hydrogen-bond donors (Lipinski definition) is 1. The van der Waals surface area contributed by atoms with Crippen molar-refractivity contribution in [3.8, 4) is 0 Å². The molecule has 0 bridgehead atoms. The van der Waals surface area contributed by atoms with E-state index in [0.717, 1.165) is 5.56 Å². The molecule has 86 valence electrons. The number of rotatable bonds is 4. The van der Waals surface area contributed by atoms with Gasteiger partial charge < -0.3 is 0 Å². The van der Waals surface area contributed by atoms with Crippen LogP contribution in [-0.2, 0) is 14.8 Å². The molecule has 1 N–H and O–H groups in total. The van der Waals surface area contributed by atoms with Crippen molar-refractivity contribution in [2.45, 2.75) is 11.8 Å². The highest BCUT2D eigenvalue weighted by Gasteiger charge is 2.12. The molecule has 1 aromatic rings. The van der Waals surface area contributed by atoms with Crippen LogP contribution in [0.15, 0.2) is 34.3 Å². The second kappa shape index (κ2) is 5.09. The molecule has 0 aliphatic rings. The molecule has 0 unspecified atom stereocenters. The molecule has 0 amide bonds. The van der Waals surface area contributed by atoms with E-state index in [1.165, 1.54) is 12.1 Å². The molecular weight excluding hydrogens is 252 g/mol. The summed E-state index contributed by atoms with van der Waals surface area (Å²) in [5, 5.41) is 2.73. The topological polar surface area (TPSA) is 75.6 Å². The van der Waals surface area contributed by atoms with Crippen molar-refractivity contribution in [2.75, 3.05) is 0 Å². The van der Waals surface area contributed by atoms with Crippen molar-refractivity contribution in [3.05, 3.63) is 29.8 Å². The smallest absolute Gasteiger partial charge is 0.276 e. The van der Waals surface area contributed by atoms with Crippen molar-refractivity contribution in [3.63, 3.8) is 0 Å². The second-order valence-electron chi connectivity index (χ2n) is 2.96. The van der Waals surface area contributed by atoms with Crippen LogP contribution in [0.2, 0.25) is 0 Å². The highest BCUT2D eigenvalue weighted by atomic mass is 35.5. The summed E-state index contributed by atoms with van der Waals surface area (Å²) in [6.45, 7) is 1.84. The van der Waals surface area contributed by atoms with E-state index in [1.807, 2.05) is 11.8 Å². The van der Waals surface area contributed by atoms with Gasteiger partial charge in [0.15, 0.2) is 11.5 Å². The zero-order valence-corrected chi connectivity index (χ0v) is 9.92. The van der Waals surface area contributed by atoms with E-state index in [2.05, 4.69) is 5.10 Å². The molecule has 5 nitrogen and oxygen atoms in total. The quantitative estimate of drug-likeness (QED) is 0.499. The first kappa shape index (κ1) is 12.7. The van der Waals surface area contributed by atoms with Gasteiger partial charge in [-0.3, -0.25) is 4.79 Å². The van der Waals surface area contributed by atoms with Gasteiger partial charge in [-0.05, 0) is 19.1 Å². The Bertz CT molecular complexity index is 508. The first-order valence-electron chi connectivity index (χ1n) is 4.22. The summed E-state index contributed by atoms with van der Waals surface area (Å²) >= 11 is 5.24. The Kier molecular flexibility index (Phi) is 4.03. The van der Waals surface area contributed by atoms with E-state index in [4.69, 9.17) is 11.6 Å². The van der Waals surface area contributed by atoms with Crippen LogP contribution in [0.1, 0.15) is 5.56 Å². The first-order valence-corrected chi connectivity index (χ1v) is 6.08. The maximum absolute atomic E-state index is 11.6. The lowest BCUT2D eigenvalue weighted by molar-refractivity contribution is -0.102. The molecule has 0 aliphatic heterocycles. The van der Waals surface area contributed by atoms with Gasteiger partial charge in [-0.25, -0.2) is 0 Å². The van der Waals surface area contributed by atoms with Gasteiger partial charge in [0.25, 0.3) is 10.0 Å². The maximum Gasteiger partial charge on any atom is 0.276 e. The number of nitrogens with zero attached hydrogens (tertiary/aromatic N) is 1. The Balaban J connectivity index is 2.95. The minimum absolute atomic E-state index is 0.0530. The summed E-state index contributed by atoms with van der Waals surface area (Å²) in [5.74, 6) is 0. The van der Waals surface area contributed by atoms with E-state index >= 15 is 0 Å². The summed E-state index contributed by atoms with van der Waals surface area (Å²) in [6.07, 6.45) is 0.235. The number of hydrazone groups is 1. The van der Waals surface area contributed by atoms with Crippen molar-refractivity contribution >= 4 is 33.1 Å². The van der Waals surface area contributed by atoms with E-state index in [1.54, 1.807) is 12.1 Å². The minimum Gasteiger partial charge on any atom is -0.295 e. The van der Waals surface area contributed by atoms with Crippen molar-refractivity contribution in [2.24, 2.45) is 5.10 Å². The van der Waals surface area contributed by atoms with E-state index in [0.29, 0.717) is 0 Å². The lowest BCUT2D eigenvalue weighted by Gasteiger charge is -2.03. The zero-order valence-electron chi connectivity index (χ0n) is 8.34. The Morgan fingerprint density at radius 1 is 1.38 bits per heavy atom. The van der Waals surface area contributed by atoms with Crippen LogP contribution in [0.5, 0.6) is 0 Å². The number of benzene rings is 1. The van der Waals surface area contributed by atoms with Gasteiger partial charge in [-0.2, -0.15) is 13.2 Å². The number of aldehydes is 1. The molecule has 1 aromatic carbocycles. The molecule has 7 heteroatoms. The fourth-order valence-electron chi connectivity index (χ4n) is 0.900. The molecule has 0 atom stereocenters. The lowest BCUT2D eigenvalue weighted by Crippen LogP contribution is -2.19. The van der Waals surface area contributed by atoms with Crippen LogP contribution in [-0.4, -0.2) is 19.9 Å². The Morgan fingerprint density at radius 3 is 2.44 bits per heavy atom. The molecule has 0 fully saturated rings. The minimum atomic E-state index is -3.76. The van der Waals surface area contributed by atoms with Gasteiger partial charge in [-0.1, -0.05) is 29.3 Å². The van der Waals surface area contributed by atoms with Crippen LogP contribution in [0.3, 0.4) is 0 Å². The van der Waals surface area contributed by atoms with Crippen molar-refractivity contribution in [1.29, 1.82) is 0 Å². The average Bonchev–Trinajstić information content (AvgIpc) is 2.26. The molecule has 1 rings (SSSR count). The molecule has 0 saturated carbocycles. The van der Waals surface area contributed by atoms with Crippen LogP contribution in [0, 0.1) is 6.92 Å². The molecule has 0 aliphatic carbocycles. The average molecular weight is 261 g/mol. The second-order valence-corrected chi connectivity index (χ2v) is 5.01. The van der Waals surface area contributed by atoms with Crippen LogP contribution in [0.25, 0.3) is 0 Å². The van der Waals surface area contributed by atoms with Crippen LogP contribution in [0.4, 0.5) is 0 Å². The number of halogens is 1. The standard InChI is InChI=1S/C9H9ClN2O3S/c1-7-2-4-8(5-3-7)16(14,15)12-11-9(10)6-13/h2-6,12H,1H3. The molecule has 0 aromatic heterocycles. The number of sulfonamides is 1. The fourth-order valence-corrected chi connectivity index (χ4v) is 1.81. The van der Waals surface area contributed by atoms with Gasteiger partial charge in [0, 0.05) is 0 Å². The zero-order chi connectivity index (χ0) is 12.2. The number of nitrogens with one attached hydrogen (secondary N) is 1. The fraction of sp³-hybridized carbons (Fsp3) is 0.111. The normalized spacial score (nSPS) is 12.2. The van der Waals surface area contributed by atoms with Crippen LogP contribution < -0.4 is 4.83 Å². The number of carbonyl (C=O) groups excluding carboxylic acids is 1. The predicted octanol–water partition coefficient (Wildman–Crippen LogP) is 1.02. The van der Waals surface area contributed by atoms with Gasteiger partial charge >= 0.3 is 0 Å².